The molecular weight excluding hydrogens is 333 g/mol. The van der Waals surface area contributed by atoms with Gasteiger partial charge in [-0.25, -0.2) is 9.37 Å². The maximum atomic E-state index is 14.1. The predicted octanol–water partition coefficient (Wildman–Crippen LogP) is 3.96. The second-order valence-electron chi connectivity index (χ2n) is 5.83. The molecule has 0 unspecified atom stereocenters. The molecule has 0 saturated heterocycles. The first-order valence-electron chi connectivity index (χ1n) is 6.51. The van der Waals surface area contributed by atoms with Gasteiger partial charge < -0.3 is 10.3 Å². The summed E-state index contributed by atoms with van der Waals surface area (Å²) in [6, 6.07) is 4.69. The summed E-state index contributed by atoms with van der Waals surface area (Å²) in [4.78, 5) is 4.55. The fourth-order valence-electron chi connectivity index (χ4n) is 2.17. The molecular formula is C16H17BrFN3. The van der Waals surface area contributed by atoms with Crippen molar-refractivity contribution in [2.24, 2.45) is 0 Å². The van der Waals surface area contributed by atoms with E-state index in [4.69, 9.17) is 12.2 Å². The number of nitrogens with zero attached hydrogens (tertiary/aromatic N) is 2. The number of benzene rings is 1. The molecule has 0 aliphatic rings. The molecule has 0 aliphatic carbocycles. The van der Waals surface area contributed by atoms with Crippen LogP contribution in [0.2, 0.25) is 0 Å². The Morgan fingerprint density at radius 2 is 2.10 bits per heavy atom. The van der Waals surface area contributed by atoms with E-state index in [1.165, 1.54) is 6.07 Å². The van der Waals surface area contributed by atoms with Crippen LogP contribution < -0.4 is 5.73 Å². The highest BCUT2D eigenvalue weighted by atomic mass is 79.9. The Kier molecular flexibility index (Phi) is 4.11. The van der Waals surface area contributed by atoms with Crippen LogP contribution in [0.3, 0.4) is 0 Å². The molecule has 0 saturated carbocycles. The monoisotopic (exact) mass is 349 g/mol. The van der Waals surface area contributed by atoms with E-state index < -0.39 is 0 Å². The average molecular weight is 350 g/mol. The lowest BCUT2D eigenvalue weighted by atomic mass is 9.95. The third-order valence-electron chi connectivity index (χ3n) is 3.11. The third-order valence-corrected chi connectivity index (χ3v) is 3.60. The van der Waals surface area contributed by atoms with E-state index in [0.29, 0.717) is 23.6 Å². The lowest BCUT2D eigenvalue weighted by Gasteiger charge is -2.18. The molecule has 21 heavy (non-hydrogen) atoms. The number of hydrogen-bond donors (Lipinski definition) is 1. The minimum Gasteiger partial charge on any atom is -0.383 e. The van der Waals surface area contributed by atoms with Crippen molar-refractivity contribution < 1.29 is 4.39 Å². The van der Waals surface area contributed by atoms with Gasteiger partial charge in [-0.3, -0.25) is 0 Å². The highest BCUT2D eigenvalue weighted by Gasteiger charge is 2.26. The first-order valence-corrected chi connectivity index (χ1v) is 7.30. The summed E-state index contributed by atoms with van der Waals surface area (Å²) in [7, 11) is 0. The van der Waals surface area contributed by atoms with E-state index in [1.54, 1.807) is 16.7 Å². The molecule has 0 fully saturated rings. The Bertz CT molecular complexity index is 720. The SMILES string of the molecule is C#CCn1c(C(C)(C)C)nc(-c2cc(Br)ccc2F)c1N. The highest BCUT2D eigenvalue weighted by Crippen LogP contribution is 2.34. The van der Waals surface area contributed by atoms with Crippen LogP contribution in [0.25, 0.3) is 11.3 Å². The standard InChI is InChI=1S/C16H17BrFN3/c1-5-8-21-14(19)13(20-15(21)16(2,3)4)11-9-10(17)6-7-12(11)18/h1,6-7,9H,8,19H2,2-4H3. The predicted molar refractivity (Wildman–Crippen MR) is 87.3 cm³/mol. The molecule has 0 radical (unpaired) electrons. The number of terminal acetylenes is 1. The smallest absolute Gasteiger partial charge is 0.132 e. The van der Waals surface area contributed by atoms with Crippen LogP contribution in [0.15, 0.2) is 22.7 Å². The van der Waals surface area contributed by atoms with Crippen molar-refractivity contribution in [3.05, 3.63) is 34.3 Å². The summed E-state index contributed by atoms with van der Waals surface area (Å²) in [5, 5.41) is 0. The topological polar surface area (TPSA) is 43.8 Å². The molecule has 1 heterocycles. The van der Waals surface area contributed by atoms with Crippen molar-refractivity contribution in [3.8, 4) is 23.6 Å². The Morgan fingerprint density at radius 3 is 2.67 bits per heavy atom. The van der Waals surface area contributed by atoms with Crippen LogP contribution in [0, 0.1) is 18.2 Å². The summed E-state index contributed by atoms with van der Waals surface area (Å²) >= 11 is 3.34. The minimum absolute atomic E-state index is 0.244. The van der Waals surface area contributed by atoms with Gasteiger partial charge in [0, 0.05) is 15.5 Å². The van der Waals surface area contributed by atoms with E-state index in [9.17, 15) is 4.39 Å². The summed E-state index contributed by atoms with van der Waals surface area (Å²) < 4.78 is 16.6. The van der Waals surface area contributed by atoms with Gasteiger partial charge in [-0.2, -0.15) is 0 Å². The van der Waals surface area contributed by atoms with E-state index in [1.807, 2.05) is 20.8 Å². The molecule has 0 aliphatic heterocycles. The molecule has 1 aromatic carbocycles. The van der Waals surface area contributed by atoms with Crippen molar-refractivity contribution in [2.75, 3.05) is 5.73 Å². The van der Waals surface area contributed by atoms with Crippen molar-refractivity contribution in [1.82, 2.24) is 9.55 Å². The maximum Gasteiger partial charge on any atom is 0.132 e. The molecule has 110 valence electrons. The quantitative estimate of drug-likeness (QED) is 0.833. The molecule has 0 bridgehead atoms. The second kappa shape index (κ2) is 5.53. The van der Waals surface area contributed by atoms with Crippen molar-refractivity contribution in [1.29, 1.82) is 0 Å². The highest BCUT2D eigenvalue weighted by molar-refractivity contribution is 9.10. The first kappa shape index (κ1) is 15.6. The molecule has 0 amide bonds. The molecule has 1 aromatic heterocycles. The van der Waals surface area contributed by atoms with Crippen molar-refractivity contribution in [2.45, 2.75) is 32.7 Å². The second-order valence-corrected chi connectivity index (χ2v) is 6.75. The molecule has 2 N–H and O–H groups in total. The summed E-state index contributed by atoms with van der Waals surface area (Å²) in [5.74, 6) is 3.33. The minimum atomic E-state index is -0.365. The van der Waals surface area contributed by atoms with E-state index >= 15 is 0 Å². The lowest BCUT2D eigenvalue weighted by Crippen LogP contribution is -2.19. The molecule has 0 spiro atoms. The Labute approximate surface area is 132 Å². The van der Waals surface area contributed by atoms with E-state index in [-0.39, 0.29) is 11.2 Å². The van der Waals surface area contributed by atoms with Crippen LogP contribution in [-0.4, -0.2) is 9.55 Å². The molecule has 5 heteroatoms. The fraction of sp³-hybridized carbons (Fsp3) is 0.312. The maximum absolute atomic E-state index is 14.1. The number of rotatable bonds is 2. The van der Waals surface area contributed by atoms with Gasteiger partial charge in [0.2, 0.25) is 0 Å². The Balaban J connectivity index is 2.71. The molecule has 2 aromatic rings. The van der Waals surface area contributed by atoms with Gasteiger partial charge in [0.25, 0.3) is 0 Å². The van der Waals surface area contributed by atoms with Gasteiger partial charge in [0.05, 0.1) is 6.54 Å². The fourth-order valence-corrected chi connectivity index (χ4v) is 2.53. The summed E-state index contributed by atoms with van der Waals surface area (Å²) in [6.45, 7) is 6.36. The number of nitrogens with two attached hydrogens (primary N) is 1. The van der Waals surface area contributed by atoms with Crippen molar-refractivity contribution >= 4 is 21.7 Å². The van der Waals surface area contributed by atoms with Crippen LogP contribution in [0.4, 0.5) is 10.2 Å². The number of imidazole rings is 1. The van der Waals surface area contributed by atoms with Gasteiger partial charge >= 0.3 is 0 Å². The van der Waals surface area contributed by atoms with Crippen LogP contribution in [0.5, 0.6) is 0 Å². The molecule has 2 rings (SSSR count). The van der Waals surface area contributed by atoms with Crippen LogP contribution in [0.1, 0.15) is 26.6 Å². The van der Waals surface area contributed by atoms with Gasteiger partial charge in [-0.1, -0.05) is 42.6 Å². The zero-order valence-corrected chi connectivity index (χ0v) is 13.8. The molecule has 3 nitrogen and oxygen atoms in total. The van der Waals surface area contributed by atoms with Gasteiger partial charge in [-0.05, 0) is 18.2 Å². The third kappa shape index (κ3) is 2.96. The summed E-state index contributed by atoms with van der Waals surface area (Å²) in [5.41, 5.74) is 6.71. The van der Waals surface area contributed by atoms with Gasteiger partial charge in [0.1, 0.15) is 23.2 Å². The zero-order chi connectivity index (χ0) is 15.8. The van der Waals surface area contributed by atoms with E-state index in [2.05, 4.69) is 26.8 Å². The Morgan fingerprint density at radius 1 is 1.43 bits per heavy atom. The largest absolute Gasteiger partial charge is 0.383 e. The average Bonchev–Trinajstić information content (AvgIpc) is 2.71. The lowest BCUT2D eigenvalue weighted by molar-refractivity contribution is 0.517. The van der Waals surface area contributed by atoms with Gasteiger partial charge in [-0.15, -0.1) is 6.42 Å². The normalized spacial score (nSPS) is 11.4. The number of hydrogen-bond acceptors (Lipinski definition) is 2. The summed E-state index contributed by atoms with van der Waals surface area (Å²) in [6.07, 6.45) is 5.41. The van der Waals surface area contributed by atoms with Crippen molar-refractivity contribution in [3.63, 3.8) is 0 Å². The zero-order valence-electron chi connectivity index (χ0n) is 12.2. The van der Waals surface area contributed by atoms with Gasteiger partial charge in [0.15, 0.2) is 0 Å². The number of halogens is 2. The molecule has 0 atom stereocenters. The van der Waals surface area contributed by atoms with Crippen LogP contribution in [-0.2, 0) is 12.0 Å². The number of aromatic nitrogens is 2. The first-order chi connectivity index (χ1) is 9.75. The number of nitrogen functional groups attached to an aromatic ring is 1. The van der Waals surface area contributed by atoms with E-state index in [0.717, 1.165) is 10.3 Å². The van der Waals surface area contributed by atoms with Crippen LogP contribution >= 0.6 is 15.9 Å². The number of anilines is 1. The Hall–Kier alpha value is -1.80.